The van der Waals surface area contributed by atoms with Gasteiger partial charge in [-0.25, -0.2) is 0 Å². The molecule has 10 heavy (non-hydrogen) atoms. The molecule has 0 spiro atoms. The Balaban J connectivity index is 3.63. The van der Waals surface area contributed by atoms with Crippen molar-refractivity contribution in [2.24, 2.45) is 0 Å². The van der Waals surface area contributed by atoms with Gasteiger partial charge in [-0.05, 0) is 0 Å². The molecule has 0 amide bonds. The molecule has 0 radical (unpaired) electrons. The zero-order valence-corrected chi connectivity index (χ0v) is 7.49. The molecule has 0 aromatic heterocycles. The minimum atomic E-state index is -3.91. The maximum Gasteiger partial charge on any atom is 0.386 e. The lowest BCUT2D eigenvalue weighted by molar-refractivity contribution is -0.110. The monoisotopic (exact) mass is 170 g/mol. The van der Waals surface area contributed by atoms with Crippen molar-refractivity contribution in [3.8, 4) is 0 Å². The van der Waals surface area contributed by atoms with Crippen molar-refractivity contribution in [3.05, 3.63) is 0 Å². The van der Waals surface area contributed by atoms with Crippen LogP contribution in [0.1, 0.15) is 13.8 Å². The number of rotatable bonds is 3. The van der Waals surface area contributed by atoms with Gasteiger partial charge in [-0.15, -0.1) is 0 Å². The molecule has 0 nitrogen and oxygen atoms in total. The Labute approximate surface area is 61.0 Å². The van der Waals surface area contributed by atoms with Crippen molar-refractivity contribution in [2.75, 3.05) is 0 Å². The Morgan fingerprint density at radius 3 is 1.60 bits per heavy atom. The summed E-state index contributed by atoms with van der Waals surface area (Å²) in [6.07, 6.45) is -3.91. The highest BCUT2D eigenvalue weighted by Gasteiger charge is 2.30. The SMILES string of the molecule is CC[SiH](CC)CC(F)(F)F. The van der Waals surface area contributed by atoms with Gasteiger partial charge in [0.15, 0.2) is 0 Å². The van der Waals surface area contributed by atoms with Gasteiger partial charge in [0.25, 0.3) is 0 Å². The lowest BCUT2D eigenvalue weighted by atomic mass is 10.8. The molecule has 0 aliphatic carbocycles. The van der Waals surface area contributed by atoms with Gasteiger partial charge in [-0.1, -0.05) is 25.9 Å². The third-order valence-corrected chi connectivity index (χ3v) is 5.02. The van der Waals surface area contributed by atoms with Gasteiger partial charge in [-0.2, -0.15) is 13.2 Å². The molecule has 0 rings (SSSR count). The largest absolute Gasteiger partial charge is 0.386 e. The maximum atomic E-state index is 11.7. The fraction of sp³-hybridized carbons (Fsp3) is 1.00. The van der Waals surface area contributed by atoms with E-state index in [4.69, 9.17) is 0 Å². The summed E-state index contributed by atoms with van der Waals surface area (Å²) in [5, 5.41) is 0. The topological polar surface area (TPSA) is 0 Å². The van der Waals surface area contributed by atoms with Crippen LogP contribution in [0.4, 0.5) is 13.2 Å². The van der Waals surface area contributed by atoms with Crippen LogP contribution in [0.3, 0.4) is 0 Å². The summed E-state index contributed by atoms with van der Waals surface area (Å²) >= 11 is 0. The van der Waals surface area contributed by atoms with Crippen LogP contribution < -0.4 is 0 Å². The summed E-state index contributed by atoms with van der Waals surface area (Å²) < 4.78 is 35.1. The standard InChI is InChI=1S/C6H13F3Si/c1-3-10(4-2)5-6(7,8)9/h10H,3-5H2,1-2H3. The molecule has 0 unspecified atom stereocenters. The molecule has 0 saturated carbocycles. The molecule has 0 aromatic carbocycles. The number of halogens is 3. The molecular formula is C6H13F3Si. The maximum absolute atomic E-state index is 11.7. The molecule has 62 valence electrons. The first kappa shape index (κ1) is 10.0. The highest BCUT2D eigenvalue weighted by Crippen LogP contribution is 2.24. The lowest BCUT2D eigenvalue weighted by Gasteiger charge is -2.12. The molecule has 0 heterocycles. The summed E-state index contributed by atoms with van der Waals surface area (Å²) in [6, 6.07) is 1.03. The Hall–Kier alpha value is 0.00688. The second-order valence-corrected chi connectivity index (χ2v) is 6.28. The average Bonchev–Trinajstić information content (AvgIpc) is 1.81. The summed E-state index contributed by atoms with van der Waals surface area (Å²) in [4.78, 5) is 0. The van der Waals surface area contributed by atoms with Crippen LogP contribution in [0.15, 0.2) is 0 Å². The first-order valence-corrected chi connectivity index (χ1v) is 6.01. The number of hydrogen-bond acceptors (Lipinski definition) is 0. The van der Waals surface area contributed by atoms with E-state index >= 15 is 0 Å². The summed E-state index contributed by atoms with van der Waals surface area (Å²) in [5.41, 5.74) is 0. The van der Waals surface area contributed by atoms with Crippen LogP contribution in [0.5, 0.6) is 0 Å². The van der Waals surface area contributed by atoms with E-state index in [0.29, 0.717) is 0 Å². The Morgan fingerprint density at radius 2 is 1.50 bits per heavy atom. The molecule has 0 N–H and O–H groups in total. The Morgan fingerprint density at radius 1 is 1.10 bits per heavy atom. The molecule has 0 saturated heterocycles. The molecule has 0 aliphatic heterocycles. The molecule has 0 bridgehead atoms. The Bertz CT molecular complexity index is 85.5. The zero-order valence-electron chi connectivity index (χ0n) is 6.33. The Kier molecular flexibility index (Phi) is 4.01. The van der Waals surface area contributed by atoms with E-state index in [1.54, 1.807) is 0 Å². The van der Waals surface area contributed by atoms with Crippen molar-refractivity contribution in [2.45, 2.75) is 38.2 Å². The number of hydrogen-bond donors (Lipinski definition) is 0. The van der Waals surface area contributed by atoms with Gasteiger partial charge in [0.2, 0.25) is 0 Å². The van der Waals surface area contributed by atoms with Crippen LogP contribution in [0.2, 0.25) is 18.1 Å². The van der Waals surface area contributed by atoms with Gasteiger partial charge in [0.05, 0.1) is 0 Å². The van der Waals surface area contributed by atoms with E-state index in [9.17, 15) is 13.2 Å². The smallest absolute Gasteiger partial charge is 0.172 e. The zero-order chi connectivity index (χ0) is 8.20. The highest BCUT2D eigenvalue weighted by atomic mass is 28.3. The summed E-state index contributed by atoms with van der Waals surface area (Å²) in [5.74, 6) is 0. The van der Waals surface area contributed by atoms with Crippen molar-refractivity contribution < 1.29 is 13.2 Å². The molecule has 0 fully saturated rings. The van der Waals surface area contributed by atoms with E-state index < -0.39 is 21.0 Å². The minimum Gasteiger partial charge on any atom is -0.172 e. The first-order valence-electron chi connectivity index (χ1n) is 3.56. The predicted molar refractivity (Wildman–Crippen MR) is 39.0 cm³/mol. The fourth-order valence-electron chi connectivity index (χ4n) is 0.905. The van der Waals surface area contributed by atoms with E-state index in [1.165, 1.54) is 0 Å². The quantitative estimate of drug-likeness (QED) is 0.571. The van der Waals surface area contributed by atoms with Gasteiger partial charge in [0.1, 0.15) is 0 Å². The third kappa shape index (κ3) is 4.85. The molecule has 0 aromatic rings. The van der Waals surface area contributed by atoms with Crippen LogP contribution >= 0.6 is 0 Å². The van der Waals surface area contributed by atoms with Crippen LogP contribution in [0, 0.1) is 0 Å². The molecular weight excluding hydrogens is 157 g/mol. The number of alkyl halides is 3. The molecule has 0 aliphatic rings. The fourth-order valence-corrected chi connectivity index (χ4v) is 2.71. The summed E-state index contributed by atoms with van der Waals surface area (Å²) in [6.45, 7) is 3.71. The molecule has 4 heteroatoms. The lowest BCUT2D eigenvalue weighted by Crippen LogP contribution is -2.20. The average molecular weight is 170 g/mol. The van der Waals surface area contributed by atoms with Crippen LogP contribution in [0.25, 0.3) is 0 Å². The van der Waals surface area contributed by atoms with Crippen molar-refractivity contribution in [1.82, 2.24) is 0 Å². The van der Waals surface area contributed by atoms with Crippen LogP contribution in [-0.4, -0.2) is 15.0 Å². The predicted octanol–water partition coefficient (Wildman–Crippen LogP) is 2.82. The third-order valence-electron chi connectivity index (χ3n) is 1.67. The minimum absolute atomic E-state index is 0.486. The van der Waals surface area contributed by atoms with Crippen LogP contribution in [-0.2, 0) is 0 Å². The van der Waals surface area contributed by atoms with Crippen molar-refractivity contribution >= 4 is 8.80 Å². The highest BCUT2D eigenvalue weighted by molar-refractivity contribution is 6.58. The van der Waals surface area contributed by atoms with Gasteiger partial charge in [-0.3, -0.25) is 0 Å². The van der Waals surface area contributed by atoms with Crippen molar-refractivity contribution in [1.29, 1.82) is 0 Å². The second-order valence-electron chi connectivity index (χ2n) is 2.50. The van der Waals surface area contributed by atoms with Gasteiger partial charge in [0, 0.05) is 14.8 Å². The normalized spacial score (nSPS) is 12.6. The second kappa shape index (κ2) is 4.01. The van der Waals surface area contributed by atoms with E-state index in [1.807, 2.05) is 13.8 Å². The summed E-state index contributed by atoms with van der Waals surface area (Å²) in [7, 11) is -1.44. The van der Waals surface area contributed by atoms with E-state index in [-0.39, 0.29) is 0 Å². The van der Waals surface area contributed by atoms with Gasteiger partial charge < -0.3 is 0 Å². The van der Waals surface area contributed by atoms with Crippen molar-refractivity contribution in [3.63, 3.8) is 0 Å². The van der Waals surface area contributed by atoms with Gasteiger partial charge >= 0.3 is 6.18 Å². The first-order chi connectivity index (χ1) is 4.49. The molecule has 0 atom stereocenters. The van der Waals surface area contributed by atoms with E-state index in [2.05, 4.69) is 0 Å². The van der Waals surface area contributed by atoms with E-state index in [0.717, 1.165) is 12.1 Å².